The van der Waals surface area contributed by atoms with Gasteiger partial charge in [0, 0.05) is 21.5 Å². The second-order valence-electron chi connectivity index (χ2n) is 12.3. The Morgan fingerprint density at radius 3 is 2.29 bits per heavy atom. The Kier molecular flexibility index (Phi) is 7.69. The molecule has 3 fully saturated rings. The van der Waals surface area contributed by atoms with E-state index in [2.05, 4.69) is 5.43 Å². The summed E-state index contributed by atoms with van der Waals surface area (Å²) in [4.78, 5) is 69.5. The maximum Gasteiger partial charge on any atom is 0.328 e. The number of hydrogen-bond donors (Lipinski definition) is 3. The monoisotopic (exact) mass is 708 g/mol. The number of phenols is 1. The van der Waals surface area contributed by atoms with Crippen molar-refractivity contribution in [2.75, 3.05) is 12.5 Å². The standard InChI is InChI=1S/C34H27Cl3N4O7/c1-48-18-6-2-15(3-7-18)34-23(30(44)41(32(34)46)39-25-10-4-17(36)13-24(25)37)14-21-19(28(34)22-12-16(35)5-11-26(22)42)8-9-20-27(21)31(45)40(29(20)43)33(38)47/h2-8,10-13,20-21,23,27-28,39,42H,9,14H2,1H3,(H2,38,47)/t20-,21+,23-,27-,28+,34+/m0/s1. The first-order chi connectivity index (χ1) is 22.9. The second kappa shape index (κ2) is 11.5. The third-order valence-corrected chi connectivity index (χ3v) is 10.9. The van der Waals surface area contributed by atoms with Gasteiger partial charge in [0.2, 0.25) is 11.8 Å². The zero-order valence-electron chi connectivity index (χ0n) is 25.2. The van der Waals surface area contributed by atoms with Crippen molar-refractivity contribution in [3.05, 3.63) is 98.5 Å². The number of allylic oxidation sites excluding steroid dienone is 2. The van der Waals surface area contributed by atoms with Crippen LogP contribution in [0.1, 0.15) is 29.9 Å². The SMILES string of the molecule is COc1ccc([C@@]23C(=O)N(Nc4ccc(Cl)cc4Cl)C(=O)[C@@H]2C[C@@H]2C(=CC[C@@H]4C(=O)N(C(N)=O)C(=O)[C@@H]42)[C@@H]3c2cc(Cl)ccc2O)cc1. The topological polar surface area (TPSA) is 159 Å². The number of amides is 6. The zero-order valence-corrected chi connectivity index (χ0v) is 27.4. The summed E-state index contributed by atoms with van der Waals surface area (Å²) in [5.41, 5.74) is 8.13. The van der Waals surface area contributed by atoms with Gasteiger partial charge in [0.25, 0.3) is 11.8 Å². The van der Waals surface area contributed by atoms with Crippen molar-refractivity contribution in [1.82, 2.24) is 9.91 Å². The lowest BCUT2D eigenvalue weighted by Gasteiger charge is -2.50. The minimum atomic E-state index is -1.69. The highest BCUT2D eigenvalue weighted by atomic mass is 35.5. The molecule has 1 saturated carbocycles. The van der Waals surface area contributed by atoms with E-state index in [4.69, 9.17) is 45.3 Å². The van der Waals surface area contributed by atoms with Crippen molar-refractivity contribution in [2.45, 2.75) is 24.2 Å². The van der Waals surface area contributed by atoms with Crippen LogP contribution in [0.2, 0.25) is 15.1 Å². The van der Waals surface area contributed by atoms with Crippen LogP contribution < -0.4 is 15.9 Å². The molecule has 48 heavy (non-hydrogen) atoms. The van der Waals surface area contributed by atoms with Crippen LogP contribution in [0.3, 0.4) is 0 Å². The molecule has 0 unspecified atom stereocenters. The third-order valence-electron chi connectivity index (χ3n) is 10.1. The summed E-state index contributed by atoms with van der Waals surface area (Å²) in [6.07, 6.45) is 1.80. The first-order valence-corrected chi connectivity index (χ1v) is 16.1. The number of phenolic OH excluding ortho intramolecular Hbond substituents is 1. The lowest BCUT2D eigenvalue weighted by atomic mass is 9.49. The molecule has 7 rings (SSSR count). The van der Waals surface area contributed by atoms with Crippen LogP contribution in [0.15, 0.2) is 72.3 Å². The highest BCUT2D eigenvalue weighted by Gasteiger charge is 2.71. The molecule has 2 aliphatic carbocycles. The van der Waals surface area contributed by atoms with E-state index >= 15 is 4.79 Å². The largest absolute Gasteiger partial charge is 0.508 e. The first kappa shape index (κ1) is 32.0. The number of urea groups is 1. The molecule has 2 heterocycles. The molecule has 0 bridgehead atoms. The van der Waals surface area contributed by atoms with E-state index < -0.39 is 64.7 Å². The fourth-order valence-electron chi connectivity index (χ4n) is 8.16. The average molecular weight is 710 g/mol. The molecular formula is C34H27Cl3N4O7. The van der Waals surface area contributed by atoms with Crippen molar-refractivity contribution < 1.29 is 33.8 Å². The van der Waals surface area contributed by atoms with E-state index in [1.54, 1.807) is 36.4 Å². The summed E-state index contributed by atoms with van der Waals surface area (Å²) in [5, 5.41) is 13.1. The Labute approximate surface area is 289 Å². The van der Waals surface area contributed by atoms with Crippen LogP contribution in [0.25, 0.3) is 0 Å². The molecule has 14 heteroatoms. The smallest absolute Gasteiger partial charge is 0.328 e. The van der Waals surface area contributed by atoms with Crippen LogP contribution in [-0.4, -0.2) is 51.8 Å². The van der Waals surface area contributed by atoms with Crippen LogP contribution in [0.5, 0.6) is 11.5 Å². The Morgan fingerprint density at radius 2 is 1.62 bits per heavy atom. The molecule has 2 saturated heterocycles. The number of nitrogens with two attached hydrogens (primary N) is 1. The van der Waals surface area contributed by atoms with Gasteiger partial charge in [-0.2, -0.15) is 9.91 Å². The molecule has 4 aliphatic rings. The number of hydrazine groups is 1. The van der Waals surface area contributed by atoms with Gasteiger partial charge >= 0.3 is 6.03 Å². The number of methoxy groups -OCH3 is 1. The molecular weight excluding hydrogens is 683 g/mol. The van der Waals surface area contributed by atoms with Crippen molar-refractivity contribution >= 4 is 70.2 Å². The highest BCUT2D eigenvalue weighted by Crippen LogP contribution is 2.65. The number of rotatable bonds is 5. The van der Waals surface area contributed by atoms with Gasteiger partial charge in [0.1, 0.15) is 11.5 Å². The van der Waals surface area contributed by atoms with E-state index in [-0.39, 0.29) is 39.9 Å². The predicted octanol–water partition coefficient (Wildman–Crippen LogP) is 5.42. The lowest BCUT2D eigenvalue weighted by Crippen LogP contribution is -2.53. The molecule has 2 aliphatic heterocycles. The van der Waals surface area contributed by atoms with Crippen LogP contribution in [-0.2, 0) is 24.6 Å². The van der Waals surface area contributed by atoms with Crippen molar-refractivity contribution in [1.29, 1.82) is 0 Å². The van der Waals surface area contributed by atoms with E-state index in [1.165, 1.54) is 37.4 Å². The molecule has 3 aromatic carbocycles. The van der Waals surface area contributed by atoms with E-state index in [0.717, 1.165) is 5.01 Å². The number of carbonyl (C=O) groups excluding carboxylic acids is 5. The minimum Gasteiger partial charge on any atom is -0.508 e. The number of halogens is 3. The number of hydrogen-bond acceptors (Lipinski definition) is 8. The fraction of sp³-hybridized carbons (Fsp3) is 0.265. The normalized spacial score (nSPS) is 27.8. The van der Waals surface area contributed by atoms with E-state index in [1.807, 2.05) is 0 Å². The van der Waals surface area contributed by atoms with Gasteiger partial charge in [-0.25, -0.2) is 4.79 Å². The number of nitrogens with zero attached hydrogens (tertiary/aromatic N) is 2. The van der Waals surface area contributed by atoms with Gasteiger partial charge in [-0.15, -0.1) is 0 Å². The maximum absolute atomic E-state index is 15.2. The van der Waals surface area contributed by atoms with E-state index in [0.29, 0.717) is 26.8 Å². The molecule has 3 aromatic rings. The van der Waals surface area contributed by atoms with Gasteiger partial charge in [-0.1, -0.05) is 58.6 Å². The molecule has 11 nitrogen and oxygen atoms in total. The highest BCUT2D eigenvalue weighted by molar-refractivity contribution is 6.36. The van der Waals surface area contributed by atoms with Crippen molar-refractivity contribution in [3.8, 4) is 11.5 Å². The average Bonchev–Trinajstić information content (AvgIpc) is 3.44. The number of nitrogens with one attached hydrogen (secondary N) is 1. The summed E-state index contributed by atoms with van der Waals surface area (Å²) in [5.74, 6) is -7.33. The summed E-state index contributed by atoms with van der Waals surface area (Å²) in [6.45, 7) is 0. The molecule has 0 spiro atoms. The lowest BCUT2D eigenvalue weighted by molar-refractivity contribution is -0.139. The van der Waals surface area contributed by atoms with Crippen molar-refractivity contribution in [3.63, 3.8) is 0 Å². The number of aromatic hydroxyl groups is 1. The Hall–Kier alpha value is -4.58. The minimum absolute atomic E-state index is 0.0421. The van der Waals surface area contributed by atoms with Gasteiger partial charge in [0.15, 0.2) is 0 Å². The second-order valence-corrected chi connectivity index (χ2v) is 13.5. The van der Waals surface area contributed by atoms with Gasteiger partial charge in [-0.3, -0.25) is 24.6 Å². The maximum atomic E-state index is 15.2. The number of likely N-dealkylation sites (tertiary alicyclic amines) is 1. The molecule has 0 radical (unpaired) electrons. The number of benzene rings is 3. The van der Waals surface area contributed by atoms with Crippen molar-refractivity contribution in [2.24, 2.45) is 29.4 Å². The molecule has 4 N–H and O–H groups in total. The quantitative estimate of drug-likeness (QED) is 0.234. The number of ether oxygens (including phenoxy) is 1. The summed E-state index contributed by atoms with van der Waals surface area (Å²) in [6, 6.07) is 14.5. The Morgan fingerprint density at radius 1 is 0.938 bits per heavy atom. The van der Waals surface area contributed by atoms with Crippen LogP contribution in [0.4, 0.5) is 10.5 Å². The Bertz CT molecular complexity index is 1970. The third kappa shape index (κ3) is 4.52. The molecule has 6 amide bonds. The van der Waals surface area contributed by atoms with Crippen LogP contribution in [0, 0.1) is 23.7 Å². The zero-order chi connectivity index (χ0) is 34.2. The Balaban J connectivity index is 1.48. The number of primary amides is 1. The summed E-state index contributed by atoms with van der Waals surface area (Å²) in [7, 11) is 1.50. The summed E-state index contributed by atoms with van der Waals surface area (Å²) < 4.78 is 5.39. The summed E-state index contributed by atoms with van der Waals surface area (Å²) >= 11 is 19.1. The molecule has 6 atom stereocenters. The van der Waals surface area contributed by atoms with Gasteiger partial charge in [-0.05, 0) is 72.9 Å². The fourth-order valence-corrected chi connectivity index (χ4v) is 8.79. The van der Waals surface area contributed by atoms with Gasteiger partial charge < -0.3 is 15.6 Å². The number of carbonyl (C=O) groups is 5. The predicted molar refractivity (Wildman–Crippen MR) is 175 cm³/mol. The van der Waals surface area contributed by atoms with Crippen LogP contribution >= 0.6 is 34.8 Å². The number of imide groups is 4. The molecule has 246 valence electrons. The first-order valence-electron chi connectivity index (χ1n) is 15.0. The van der Waals surface area contributed by atoms with Gasteiger partial charge in [0.05, 0.1) is 41.0 Å². The number of anilines is 1. The van der Waals surface area contributed by atoms with E-state index in [9.17, 15) is 24.3 Å². The molecule has 0 aromatic heterocycles. The number of fused-ring (bicyclic) bond motifs is 4.